The third-order valence-corrected chi connectivity index (χ3v) is 4.73. The molecular formula is C22H17F4N3O4. The third-order valence-electron chi connectivity index (χ3n) is 4.73. The summed E-state index contributed by atoms with van der Waals surface area (Å²) in [6, 6.07) is 7.76. The topological polar surface area (TPSA) is 91.7 Å². The highest BCUT2D eigenvalue weighted by Gasteiger charge is 2.40. The number of nitriles is 1. The van der Waals surface area contributed by atoms with Gasteiger partial charge in [0.05, 0.1) is 29.5 Å². The van der Waals surface area contributed by atoms with Crippen molar-refractivity contribution < 1.29 is 36.6 Å². The molecule has 3 rings (SSSR count). The van der Waals surface area contributed by atoms with Crippen LogP contribution in [0, 0.1) is 17.1 Å². The smallest absolute Gasteiger partial charge is 0.434 e. The van der Waals surface area contributed by atoms with Crippen molar-refractivity contribution in [2.75, 3.05) is 11.5 Å². The minimum Gasteiger partial charge on any atom is -0.434 e. The molecule has 0 bridgehead atoms. The highest BCUT2D eigenvalue weighted by molar-refractivity contribution is 5.96. The lowest BCUT2D eigenvalue weighted by Crippen LogP contribution is -2.48. The number of rotatable bonds is 4. The fraction of sp³-hybridized carbons (Fsp3) is 0.227. The molecule has 0 radical (unpaired) electrons. The Labute approximate surface area is 185 Å². The molecule has 1 aliphatic heterocycles. The Bertz CT molecular complexity index is 1150. The number of nitrogens with one attached hydrogen (secondary N) is 1. The van der Waals surface area contributed by atoms with E-state index in [1.54, 1.807) is 6.92 Å². The van der Waals surface area contributed by atoms with Gasteiger partial charge in [0.25, 0.3) is 0 Å². The maximum absolute atomic E-state index is 13.9. The second kappa shape index (κ2) is 9.20. The molecule has 1 N–H and O–H groups in total. The Morgan fingerprint density at radius 3 is 2.45 bits per heavy atom. The van der Waals surface area contributed by atoms with Crippen LogP contribution in [0.15, 0.2) is 53.9 Å². The van der Waals surface area contributed by atoms with Crippen molar-refractivity contribution in [1.29, 1.82) is 5.26 Å². The van der Waals surface area contributed by atoms with Crippen LogP contribution in [0.1, 0.15) is 36.6 Å². The summed E-state index contributed by atoms with van der Waals surface area (Å²) >= 11 is 0. The zero-order chi connectivity index (χ0) is 24.3. The van der Waals surface area contributed by atoms with Crippen LogP contribution < -0.4 is 10.2 Å². The van der Waals surface area contributed by atoms with E-state index in [9.17, 15) is 27.2 Å². The van der Waals surface area contributed by atoms with E-state index < -0.39 is 35.8 Å². The number of urea groups is 1. The number of anilines is 1. The summed E-state index contributed by atoms with van der Waals surface area (Å²) in [4.78, 5) is 25.8. The van der Waals surface area contributed by atoms with E-state index in [0.717, 1.165) is 11.0 Å². The first-order valence-electron chi connectivity index (χ1n) is 9.59. The monoisotopic (exact) mass is 463 g/mol. The van der Waals surface area contributed by atoms with Crippen LogP contribution in [-0.4, -0.2) is 18.8 Å². The van der Waals surface area contributed by atoms with Crippen molar-refractivity contribution in [2.45, 2.75) is 26.1 Å². The Balaban J connectivity index is 2.19. The van der Waals surface area contributed by atoms with Gasteiger partial charge in [-0.1, -0.05) is 12.1 Å². The lowest BCUT2D eigenvalue weighted by molar-refractivity contribution is -0.139. The summed E-state index contributed by atoms with van der Waals surface area (Å²) in [5.74, 6) is -1.62. The number of hydrogen-bond donors (Lipinski definition) is 1. The largest absolute Gasteiger partial charge is 0.513 e. The van der Waals surface area contributed by atoms with E-state index in [1.165, 1.54) is 31.2 Å². The molecule has 0 fully saturated rings. The molecule has 11 heteroatoms. The Morgan fingerprint density at radius 2 is 1.88 bits per heavy atom. The van der Waals surface area contributed by atoms with Gasteiger partial charge in [0, 0.05) is 5.69 Å². The lowest BCUT2D eigenvalue weighted by Gasteiger charge is -2.37. The van der Waals surface area contributed by atoms with Crippen LogP contribution in [-0.2, 0) is 15.7 Å². The first-order valence-corrected chi connectivity index (χ1v) is 9.59. The van der Waals surface area contributed by atoms with Crippen molar-refractivity contribution in [3.8, 4) is 6.07 Å². The van der Waals surface area contributed by atoms with Crippen LogP contribution in [0.3, 0.4) is 0 Å². The molecule has 33 heavy (non-hydrogen) atoms. The molecule has 1 atom stereocenters. The van der Waals surface area contributed by atoms with E-state index in [0.29, 0.717) is 23.3 Å². The Morgan fingerprint density at radius 1 is 1.21 bits per heavy atom. The maximum atomic E-state index is 13.9. The number of halogens is 4. The molecule has 2 amide bonds. The minimum absolute atomic E-state index is 0.00429. The van der Waals surface area contributed by atoms with Gasteiger partial charge in [-0.2, -0.15) is 18.4 Å². The number of carbonyl (C=O) groups excluding carboxylic acids is 2. The molecular weight excluding hydrogens is 446 g/mol. The van der Waals surface area contributed by atoms with Gasteiger partial charge in [0.1, 0.15) is 11.9 Å². The first-order chi connectivity index (χ1) is 15.6. The van der Waals surface area contributed by atoms with Crippen LogP contribution in [0.2, 0.25) is 0 Å². The molecule has 0 saturated heterocycles. The maximum Gasteiger partial charge on any atom is 0.513 e. The molecule has 172 valence electrons. The average molecular weight is 463 g/mol. The molecule has 0 aliphatic carbocycles. The number of alkyl halides is 3. The zero-order valence-corrected chi connectivity index (χ0v) is 17.4. The lowest BCUT2D eigenvalue weighted by atomic mass is 9.98. The van der Waals surface area contributed by atoms with Gasteiger partial charge in [-0.15, -0.1) is 0 Å². The molecule has 1 aliphatic rings. The normalized spacial score (nSPS) is 16.2. The van der Waals surface area contributed by atoms with Gasteiger partial charge in [-0.25, -0.2) is 14.0 Å². The summed E-state index contributed by atoms with van der Waals surface area (Å²) in [6.45, 7) is 2.98. The summed E-state index contributed by atoms with van der Waals surface area (Å²) in [5, 5.41) is 11.5. The van der Waals surface area contributed by atoms with Crippen molar-refractivity contribution in [1.82, 2.24) is 5.32 Å². The number of nitrogens with zero attached hydrogens (tertiary/aromatic N) is 2. The van der Waals surface area contributed by atoms with E-state index in [1.807, 2.05) is 6.07 Å². The standard InChI is InChI=1S/C22H17F4N3O4/c1-3-32-21(31)33-19-12(2)28-20(30)29(18(19)14-6-4-13(11-27)5-7-14)15-8-9-17(23)16(10-15)22(24,25)26/h4-10,18H,3H2,1-2H3,(H,28,30). The van der Waals surface area contributed by atoms with E-state index in [4.69, 9.17) is 14.7 Å². The predicted molar refractivity (Wildman–Crippen MR) is 107 cm³/mol. The zero-order valence-electron chi connectivity index (χ0n) is 17.4. The van der Waals surface area contributed by atoms with Gasteiger partial charge < -0.3 is 14.8 Å². The number of carbonyl (C=O) groups is 2. The molecule has 2 aromatic rings. The van der Waals surface area contributed by atoms with Crippen LogP contribution >= 0.6 is 0 Å². The fourth-order valence-corrected chi connectivity index (χ4v) is 3.28. The second-order valence-electron chi connectivity index (χ2n) is 6.87. The highest BCUT2D eigenvalue weighted by atomic mass is 19.4. The summed E-state index contributed by atoms with van der Waals surface area (Å²) in [6.07, 6.45) is -6.09. The van der Waals surface area contributed by atoms with Crippen LogP contribution in [0.5, 0.6) is 0 Å². The molecule has 0 aromatic heterocycles. The molecule has 0 saturated carbocycles. The molecule has 0 spiro atoms. The van der Waals surface area contributed by atoms with Crippen molar-refractivity contribution in [2.24, 2.45) is 0 Å². The highest BCUT2D eigenvalue weighted by Crippen LogP contribution is 2.40. The van der Waals surface area contributed by atoms with Gasteiger partial charge in [-0.3, -0.25) is 4.90 Å². The van der Waals surface area contributed by atoms with Gasteiger partial charge >= 0.3 is 18.4 Å². The molecule has 1 unspecified atom stereocenters. The van der Waals surface area contributed by atoms with E-state index in [2.05, 4.69) is 5.32 Å². The van der Waals surface area contributed by atoms with Gasteiger partial charge in [0.2, 0.25) is 0 Å². The number of benzene rings is 2. The quantitative estimate of drug-likeness (QED) is 0.485. The van der Waals surface area contributed by atoms with E-state index >= 15 is 0 Å². The average Bonchev–Trinajstić information content (AvgIpc) is 2.75. The molecule has 2 aromatic carbocycles. The number of ether oxygens (including phenoxy) is 2. The van der Waals surface area contributed by atoms with Crippen molar-refractivity contribution >= 4 is 17.9 Å². The number of allylic oxidation sites excluding steroid dienone is 1. The van der Waals surface area contributed by atoms with Gasteiger partial charge in [0.15, 0.2) is 5.76 Å². The predicted octanol–water partition coefficient (Wildman–Crippen LogP) is 5.39. The van der Waals surface area contributed by atoms with Crippen molar-refractivity contribution in [3.05, 3.63) is 76.4 Å². The number of amides is 2. The Hall–Kier alpha value is -4.07. The summed E-state index contributed by atoms with van der Waals surface area (Å²) in [5.41, 5.74) is -1.13. The second-order valence-corrected chi connectivity index (χ2v) is 6.87. The minimum atomic E-state index is -5.01. The van der Waals surface area contributed by atoms with Gasteiger partial charge in [-0.05, 0) is 49.7 Å². The Kier molecular flexibility index (Phi) is 6.57. The van der Waals surface area contributed by atoms with Crippen LogP contribution in [0.25, 0.3) is 0 Å². The molecule has 1 heterocycles. The van der Waals surface area contributed by atoms with Crippen molar-refractivity contribution in [3.63, 3.8) is 0 Å². The molecule has 7 nitrogen and oxygen atoms in total. The number of hydrogen-bond acceptors (Lipinski definition) is 5. The fourth-order valence-electron chi connectivity index (χ4n) is 3.28. The van der Waals surface area contributed by atoms with E-state index in [-0.39, 0.29) is 23.8 Å². The van der Waals surface area contributed by atoms with Crippen LogP contribution in [0.4, 0.5) is 32.8 Å². The summed E-state index contributed by atoms with van der Waals surface area (Å²) in [7, 11) is 0. The summed E-state index contributed by atoms with van der Waals surface area (Å²) < 4.78 is 63.9. The SMILES string of the molecule is CCOC(=O)OC1=C(C)NC(=O)N(c2ccc(F)c(C(F)(F)F)c2)C1c1ccc(C#N)cc1. The first kappa shape index (κ1) is 23.6. The third kappa shape index (κ3) is 4.90.